The molecule has 2 heterocycles. The van der Waals surface area contributed by atoms with E-state index in [1.54, 1.807) is 0 Å². The van der Waals surface area contributed by atoms with Gasteiger partial charge in [-0.15, -0.1) is 0 Å². The number of hydrogen-bond acceptors (Lipinski definition) is 4. The molecule has 0 aliphatic rings. The summed E-state index contributed by atoms with van der Waals surface area (Å²) < 4.78 is 63.5. The van der Waals surface area contributed by atoms with Crippen LogP contribution in [0.2, 0.25) is 0 Å². The third-order valence-electron chi connectivity index (χ3n) is 3.78. The van der Waals surface area contributed by atoms with Gasteiger partial charge in [-0.25, -0.2) is 17.8 Å². The predicted molar refractivity (Wildman–Crippen MR) is 87.6 cm³/mol. The van der Waals surface area contributed by atoms with Crippen LogP contribution in [0.15, 0.2) is 46.1 Å². The van der Waals surface area contributed by atoms with Gasteiger partial charge in [-0.2, -0.15) is 13.2 Å². The molecule has 0 saturated carbocycles. The highest BCUT2D eigenvalue weighted by Crippen LogP contribution is 2.30. The molecule has 0 aliphatic carbocycles. The number of aromatic nitrogens is 3. The maximum atomic E-state index is 12.9. The summed E-state index contributed by atoms with van der Waals surface area (Å²) in [5, 5.41) is -2.15. The Morgan fingerprint density at radius 2 is 1.85 bits per heavy atom. The Balaban J connectivity index is 2.39. The molecule has 2 aromatic heterocycles. The molecule has 0 spiro atoms. The molecular formula is C15H12F3N3O4S. The normalized spacial score (nSPS) is 13.8. The third-order valence-corrected chi connectivity index (χ3v) is 5.06. The number of fused-ring (bicyclic) bond motifs is 1. The van der Waals surface area contributed by atoms with E-state index in [-0.39, 0.29) is 11.2 Å². The van der Waals surface area contributed by atoms with Gasteiger partial charge in [-0.05, 0) is 30.3 Å². The Morgan fingerprint density at radius 1 is 1.15 bits per heavy atom. The lowest BCUT2D eigenvalue weighted by Crippen LogP contribution is -2.41. The fourth-order valence-electron chi connectivity index (χ4n) is 2.68. The van der Waals surface area contributed by atoms with Crippen molar-refractivity contribution in [1.29, 1.82) is 0 Å². The zero-order chi connectivity index (χ0) is 19.3. The van der Waals surface area contributed by atoms with Crippen LogP contribution in [0.1, 0.15) is 16.6 Å². The van der Waals surface area contributed by atoms with Gasteiger partial charge >= 0.3 is 11.9 Å². The Kier molecular flexibility index (Phi) is 4.06. The number of H-pyrrole nitrogens is 2. The highest BCUT2D eigenvalue weighted by atomic mass is 32.2. The van der Waals surface area contributed by atoms with E-state index in [1.807, 2.05) is 0 Å². The van der Waals surface area contributed by atoms with Crippen molar-refractivity contribution in [2.24, 2.45) is 0 Å². The van der Waals surface area contributed by atoms with Crippen molar-refractivity contribution in [3.8, 4) is 0 Å². The molecule has 0 aliphatic heterocycles. The first-order valence-corrected chi connectivity index (χ1v) is 9.13. The summed E-state index contributed by atoms with van der Waals surface area (Å²) in [4.78, 5) is 29.9. The number of rotatable bonds is 3. The van der Waals surface area contributed by atoms with Gasteiger partial charge in [0.15, 0.2) is 15.2 Å². The van der Waals surface area contributed by atoms with Crippen LogP contribution in [-0.4, -0.2) is 29.2 Å². The van der Waals surface area contributed by atoms with E-state index in [4.69, 9.17) is 0 Å². The first-order valence-electron chi connectivity index (χ1n) is 7.18. The monoisotopic (exact) mass is 387 g/mol. The third kappa shape index (κ3) is 3.05. The maximum absolute atomic E-state index is 12.9. The van der Waals surface area contributed by atoms with E-state index in [0.29, 0.717) is 10.6 Å². The van der Waals surface area contributed by atoms with Crippen molar-refractivity contribution in [2.45, 2.75) is 11.6 Å². The van der Waals surface area contributed by atoms with Crippen molar-refractivity contribution in [3.05, 3.63) is 68.6 Å². The summed E-state index contributed by atoms with van der Waals surface area (Å²) in [6, 6.07) is 5.08. The molecule has 0 fully saturated rings. The number of benzene rings is 1. The lowest BCUT2D eigenvalue weighted by atomic mass is 10.1. The Bertz CT molecular complexity index is 1190. The van der Waals surface area contributed by atoms with Crippen LogP contribution in [0.25, 0.3) is 10.9 Å². The standard InChI is InChI=1S/C15H12F3N3O4S/c1-26(24,25)13(11-3-2-6-19-11)21-12(22)9-7-8(15(16,17)18)4-5-10(9)20-14(21)23/h2-7,13,19H,1H3,(H,20,23). The molecule has 2 N–H and O–H groups in total. The second-order valence-electron chi connectivity index (χ2n) is 5.67. The molecule has 0 radical (unpaired) electrons. The minimum Gasteiger partial charge on any atom is -0.362 e. The number of hydrogen-bond donors (Lipinski definition) is 2. The second kappa shape index (κ2) is 5.87. The first-order chi connectivity index (χ1) is 12.0. The number of nitrogens with one attached hydrogen (secondary N) is 2. The van der Waals surface area contributed by atoms with Crippen LogP contribution in [0.3, 0.4) is 0 Å². The fourth-order valence-corrected chi connectivity index (χ4v) is 3.86. The minimum absolute atomic E-state index is 0.0337. The van der Waals surface area contributed by atoms with Crippen molar-refractivity contribution in [2.75, 3.05) is 6.26 Å². The highest BCUT2D eigenvalue weighted by molar-refractivity contribution is 7.90. The average molecular weight is 387 g/mol. The molecule has 1 aromatic carbocycles. The Hall–Kier alpha value is -2.82. The van der Waals surface area contributed by atoms with E-state index in [1.165, 1.54) is 18.3 Å². The van der Waals surface area contributed by atoms with Crippen molar-refractivity contribution < 1.29 is 21.6 Å². The molecule has 11 heteroatoms. The number of halogens is 3. The zero-order valence-electron chi connectivity index (χ0n) is 13.2. The van der Waals surface area contributed by atoms with Gasteiger partial charge in [-0.1, -0.05) is 0 Å². The molecule has 26 heavy (non-hydrogen) atoms. The zero-order valence-corrected chi connectivity index (χ0v) is 14.0. The summed E-state index contributed by atoms with van der Waals surface area (Å²) >= 11 is 0. The van der Waals surface area contributed by atoms with Gasteiger partial charge in [0, 0.05) is 12.5 Å². The van der Waals surface area contributed by atoms with E-state index in [0.717, 1.165) is 18.4 Å². The number of alkyl halides is 3. The van der Waals surface area contributed by atoms with Gasteiger partial charge in [0.25, 0.3) is 5.56 Å². The lowest BCUT2D eigenvalue weighted by Gasteiger charge is -2.17. The molecule has 1 unspecified atom stereocenters. The highest BCUT2D eigenvalue weighted by Gasteiger charge is 2.32. The smallest absolute Gasteiger partial charge is 0.362 e. The summed E-state index contributed by atoms with van der Waals surface area (Å²) in [5.41, 5.74) is -3.36. The molecule has 7 nitrogen and oxygen atoms in total. The maximum Gasteiger partial charge on any atom is 0.416 e. The number of aromatic amines is 2. The van der Waals surface area contributed by atoms with Crippen LogP contribution in [0, 0.1) is 0 Å². The van der Waals surface area contributed by atoms with Crippen LogP contribution >= 0.6 is 0 Å². The van der Waals surface area contributed by atoms with Gasteiger partial charge < -0.3 is 9.97 Å². The van der Waals surface area contributed by atoms with Crippen LogP contribution in [-0.2, 0) is 16.0 Å². The number of nitrogens with zero attached hydrogens (tertiary/aromatic N) is 1. The minimum atomic E-state index is -4.70. The van der Waals surface area contributed by atoms with Gasteiger partial charge in [0.1, 0.15) is 0 Å². The van der Waals surface area contributed by atoms with Crippen molar-refractivity contribution in [3.63, 3.8) is 0 Å². The molecule has 138 valence electrons. The summed E-state index contributed by atoms with van der Waals surface area (Å²) in [7, 11) is -4.00. The van der Waals surface area contributed by atoms with E-state index in [2.05, 4.69) is 9.97 Å². The summed E-state index contributed by atoms with van der Waals surface area (Å²) in [5.74, 6) is 0. The second-order valence-corrected chi connectivity index (χ2v) is 7.78. The van der Waals surface area contributed by atoms with Crippen molar-refractivity contribution in [1.82, 2.24) is 14.5 Å². The van der Waals surface area contributed by atoms with E-state index < -0.39 is 43.6 Å². The SMILES string of the molecule is CS(=O)(=O)C(c1ccc[nH]1)n1c(=O)[nH]c2ccc(C(F)(F)F)cc2c1=O. The Morgan fingerprint density at radius 3 is 2.38 bits per heavy atom. The van der Waals surface area contributed by atoms with E-state index >= 15 is 0 Å². The molecule has 0 amide bonds. The largest absolute Gasteiger partial charge is 0.416 e. The quantitative estimate of drug-likeness (QED) is 0.713. The van der Waals surface area contributed by atoms with E-state index in [9.17, 15) is 31.2 Å². The summed E-state index contributed by atoms with van der Waals surface area (Å²) in [6.07, 6.45) is -2.48. The van der Waals surface area contributed by atoms with Crippen LogP contribution in [0.4, 0.5) is 13.2 Å². The van der Waals surface area contributed by atoms with Crippen molar-refractivity contribution >= 4 is 20.7 Å². The first kappa shape index (κ1) is 18.0. The molecule has 1 atom stereocenters. The molecule has 0 bridgehead atoms. The van der Waals surface area contributed by atoms with Crippen LogP contribution in [0.5, 0.6) is 0 Å². The number of sulfone groups is 1. The van der Waals surface area contributed by atoms with Gasteiger partial charge in [-0.3, -0.25) is 4.79 Å². The molecule has 3 rings (SSSR count). The lowest BCUT2D eigenvalue weighted by molar-refractivity contribution is -0.137. The van der Waals surface area contributed by atoms with Gasteiger partial charge in [0.2, 0.25) is 0 Å². The van der Waals surface area contributed by atoms with Gasteiger partial charge in [0.05, 0.1) is 22.2 Å². The average Bonchev–Trinajstić information content (AvgIpc) is 3.02. The summed E-state index contributed by atoms with van der Waals surface area (Å²) in [6.45, 7) is 0. The Labute approximate surface area is 144 Å². The predicted octanol–water partition coefficient (Wildman–Crippen LogP) is 1.63. The molecular weight excluding hydrogens is 375 g/mol. The molecule has 0 saturated heterocycles. The topological polar surface area (TPSA) is 105 Å². The fraction of sp³-hybridized carbons (Fsp3) is 0.200. The van der Waals surface area contributed by atoms with Crippen LogP contribution < -0.4 is 11.2 Å². The molecule has 3 aromatic rings.